The third-order valence-corrected chi connectivity index (χ3v) is 3.34. The maximum Gasteiger partial charge on any atom is 0.305 e. The van der Waals surface area contributed by atoms with Gasteiger partial charge in [-0.1, -0.05) is 6.42 Å². The van der Waals surface area contributed by atoms with Crippen molar-refractivity contribution in [2.75, 3.05) is 26.3 Å². The van der Waals surface area contributed by atoms with Crippen molar-refractivity contribution in [1.29, 1.82) is 0 Å². The molecule has 100 valence electrons. The Labute approximate surface area is 104 Å². The van der Waals surface area contributed by atoms with Gasteiger partial charge >= 0.3 is 5.97 Å². The van der Waals surface area contributed by atoms with Crippen molar-refractivity contribution in [3.05, 3.63) is 0 Å². The lowest BCUT2D eigenvalue weighted by atomic mass is 10.0. The molecule has 1 aliphatic heterocycles. The number of nitrogens with zero attached hydrogens (tertiary/aromatic N) is 1. The van der Waals surface area contributed by atoms with Crippen molar-refractivity contribution >= 4 is 5.97 Å². The molecule has 0 aromatic carbocycles. The van der Waals surface area contributed by atoms with Gasteiger partial charge in [-0.3, -0.25) is 4.79 Å². The van der Waals surface area contributed by atoms with E-state index in [9.17, 15) is 4.79 Å². The zero-order valence-electron chi connectivity index (χ0n) is 11.0. The van der Waals surface area contributed by atoms with Crippen LogP contribution in [0.2, 0.25) is 0 Å². The largest absolute Gasteiger partial charge is 0.481 e. The number of carboxylic acid groups (broad SMARTS) is 1. The molecule has 0 aliphatic carbocycles. The van der Waals surface area contributed by atoms with Gasteiger partial charge in [0.05, 0.1) is 19.6 Å². The molecule has 0 aromatic heterocycles. The third-order valence-electron chi connectivity index (χ3n) is 3.34. The van der Waals surface area contributed by atoms with Gasteiger partial charge in [-0.05, 0) is 39.2 Å². The smallest absolute Gasteiger partial charge is 0.305 e. The summed E-state index contributed by atoms with van der Waals surface area (Å²) in [6, 6.07) is 0.592. The van der Waals surface area contributed by atoms with E-state index in [1.165, 1.54) is 25.8 Å². The number of hydrogen-bond acceptors (Lipinski definition) is 3. The molecule has 0 amide bonds. The van der Waals surface area contributed by atoms with Crippen LogP contribution in [0, 0.1) is 5.92 Å². The van der Waals surface area contributed by atoms with Crippen LogP contribution in [-0.2, 0) is 9.53 Å². The highest BCUT2D eigenvalue weighted by molar-refractivity contribution is 5.66. The molecular weight excluding hydrogens is 218 g/mol. The second kappa shape index (κ2) is 7.67. The monoisotopic (exact) mass is 243 g/mol. The van der Waals surface area contributed by atoms with E-state index < -0.39 is 5.97 Å². The summed E-state index contributed by atoms with van der Waals surface area (Å²) < 4.78 is 5.46. The fraction of sp³-hybridized carbons (Fsp3) is 0.923. The van der Waals surface area contributed by atoms with Crippen LogP contribution >= 0.6 is 0 Å². The molecule has 4 nitrogen and oxygen atoms in total. The Bertz CT molecular complexity index is 231. The molecule has 1 rings (SSSR count). The summed E-state index contributed by atoms with van der Waals surface area (Å²) in [6.07, 6.45) is 3.84. The first-order valence-corrected chi connectivity index (χ1v) is 6.63. The van der Waals surface area contributed by atoms with Gasteiger partial charge in [0.25, 0.3) is 0 Å². The summed E-state index contributed by atoms with van der Waals surface area (Å²) in [7, 11) is 0. The molecule has 1 atom stereocenters. The molecule has 0 spiro atoms. The van der Waals surface area contributed by atoms with Crippen molar-refractivity contribution in [3.8, 4) is 0 Å². The number of hydrogen-bond donors (Lipinski definition) is 1. The Morgan fingerprint density at radius 3 is 2.88 bits per heavy atom. The first-order chi connectivity index (χ1) is 8.09. The third kappa shape index (κ3) is 6.03. The topological polar surface area (TPSA) is 49.8 Å². The van der Waals surface area contributed by atoms with E-state index in [0.29, 0.717) is 25.2 Å². The lowest BCUT2D eigenvalue weighted by molar-refractivity contribution is -0.138. The van der Waals surface area contributed by atoms with E-state index in [1.807, 2.05) is 0 Å². The first kappa shape index (κ1) is 14.5. The molecule has 1 unspecified atom stereocenters. The van der Waals surface area contributed by atoms with Crippen LogP contribution in [0.1, 0.15) is 39.5 Å². The van der Waals surface area contributed by atoms with Crippen LogP contribution in [-0.4, -0.2) is 48.3 Å². The minimum Gasteiger partial charge on any atom is -0.481 e. The standard InChI is InChI=1S/C13H25NO3/c1-11(2)14-7-4-3-5-12(9-14)10-17-8-6-13(15)16/h11-12H,3-10H2,1-2H3,(H,15,16). The quantitative estimate of drug-likeness (QED) is 0.725. The van der Waals surface area contributed by atoms with Crippen LogP contribution in [0.15, 0.2) is 0 Å². The van der Waals surface area contributed by atoms with Gasteiger partial charge in [-0.25, -0.2) is 0 Å². The number of rotatable bonds is 6. The average molecular weight is 243 g/mol. The second-order valence-corrected chi connectivity index (χ2v) is 5.17. The van der Waals surface area contributed by atoms with Gasteiger partial charge in [0, 0.05) is 12.6 Å². The molecule has 0 saturated carbocycles. The maximum atomic E-state index is 10.4. The Kier molecular flexibility index (Phi) is 6.52. The summed E-state index contributed by atoms with van der Waals surface area (Å²) in [5.41, 5.74) is 0. The molecule has 1 heterocycles. The van der Waals surface area contributed by atoms with Gasteiger partial charge in [0.1, 0.15) is 0 Å². The van der Waals surface area contributed by atoms with Crippen molar-refractivity contribution < 1.29 is 14.6 Å². The van der Waals surface area contributed by atoms with Crippen molar-refractivity contribution in [1.82, 2.24) is 4.90 Å². The van der Waals surface area contributed by atoms with E-state index in [0.717, 1.165) is 6.54 Å². The summed E-state index contributed by atoms with van der Waals surface area (Å²) >= 11 is 0. The zero-order valence-corrected chi connectivity index (χ0v) is 11.0. The average Bonchev–Trinajstić information content (AvgIpc) is 2.49. The highest BCUT2D eigenvalue weighted by Crippen LogP contribution is 2.18. The Balaban J connectivity index is 2.24. The van der Waals surface area contributed by atoms with Gasteiger partial charge in [-0.15, -0.1) is 0 Å². The lowest BCUT2D eigenvalue weighted by Crippen LogP contribution is -2.35. The minimum atomic E-state index is -0.783. The number of aliphatic carboxylic acids is 1. The van der Waals surface area contributed by atoms with E-state index in [-0.39, 0.29) is 6.42 Å². The molecule has 1 aliphatic rings. The van der Waals surface area contributed by atoms with Gasteiger partial charge in [0.2, 0.25) is 0 Å². The zero-order chi connectivity index (χ0) is 12.7. The predicted octanol–water partition coefficient (Wildman–Crippen LogP) is 1.99. The van der Waals surface area contributed by atoms with Crippen LogP contribution in [0.3, 0.4) is 0 Å². The van der Waals surface area contributed by atoms with Crippen LogP contribution < -0.4 is 0 Å². The fourth-order valence-corrected chi connectivity index (χ4v) is 2.28. The van der Waals surface area contributed by atoms with E-state index >= 15 is 0 Å². The van der Waals surface area contributed by atoms with E-state index in [4.69, 9.17) is 9.84 Å². The molecule has 1 N–H and O–H groups in total. The van der Waals surface area contributed by atoms with Crippen molar-refractivity contribution in [2.45, 2.75) is 45.6 Å². The molecule has 0 radical (unpaired) electrons. The highest BCUT2D eigenvalue weighted by Gasteiger charge is 2.19. The normalized spacial score (nSPS) is 22.6. The van der Waals surface area contributed by atoms with Crippen molar-refractivity contribution in [2.24, 2.45) is 5.92 Å². The molecule has 1 fully saturated rings. The summed E-state index contributed by atoms with van der Waals surface area (Å²) in [5, 5.41) is 8.52. The van der Waals surface area contributed by atoms with Crippen LogP contribution in [0.4, 0.5) is 0 Å². The number of carbonyl (C=O) groups is 1. The van der Waals surface area contributed by atoms with Gasteiger partial charge in [0.15, 0.2) is 0 Å². The van der Waals surface area contributed by atoms with Gasteiger partial charge in [-0.2, -0.15) is 0 Å². The number of ether oxygens (including phenoxy) is 1. The molecule has 17 heavy (non-hydrogen) atoms. The second-order valence-electron chi connectivity index (χ2n) is 5.17. The molecular formula is C13H25NO3. The summed E-state index contributed by atoms with van der Waals surface area (Å²) in [4.78, 5) is 12.9. The maximum absolute atomic E-state index is 10.4. The Morgan fingerprint density at radius 2 is 2.24 bits per heavy atom. The molecule has 4 heteroatoms. The van der Waals surface area contributed by atoms with E-state index in [2.05, 4.69) is 18.7 Å². The lowest BCUT2D eigenvalue weighted by Gasteiger charge is -2.27. The number of likely N-dealkylation sites (tertiary alicyclic amines) is 1. The van der Waals surface area contributed by atoms with Crippen LogP contribution in [0.25, 0.3) is 0 Å². The Hall–Kier alpha value is -0.610. The summed E-state index contributed by atoms with van der Waals surface area (Å²) in [5.74, 6) is -0.219. The van der Waals surface area contributed by atoms with Crippen molar-refractivity contribution in [3.63, 3.8) is 0 Å². The minimum absolute atomic E-state index is 0.112. The highest BCUT2D eigenvalue weighted by atomic mass is 16.5. The van der Waals surface area contributed by atoms with Gasteiger partial charge < -0.3 is 14.7 Å². The van der Waals surface area contributed by atoms with E-state index in [1.54, 1.807) is 0 Å². The predicted molar refractivity (Wildman–Crippen MR) is 67.1 cm³/mol. The molecule has 0 bridgehead atoms. The van der Waals surface area contributed by atoms with Crippen LogP contribution in [0.5, 0.6) is 0 Å². The number of carboxylic acids is 1. The molecule has 0 aromatic rings. The summed E-state index contributed by atoms with van der Waals surface area (Å²) in [6.45, 7) is 7.78. The fourth-order valence-electron chi connectivity index (χ4n) is 2.28. The Morgan fingerprint density at radius 1 is 1.47 bits per heavy atom. The SMILES string of the molecule is CC(C)N1CCCCC(COCCC(=O)O)C1. The first-order valence-electron chi connectivity index (χ1n) is 6.63. The molecule has 1 saturated heterocycles.